The van der Waals surface area contributed by atoms with Gasteiger partial charge in [0.15, 0.2) is 18.1 Å². The molecule has 0 atom stereocenters. The molecule has 4 aromatic rings. The minimum absolute atomic E-state index is 0.274. The van der Waals surface area contributed by atoms with Crippen LogP contribution in [0, 0.1) is 0 Å². The summed E-state index contributed by atoms with van der Waals surface area (Å²) in [5.41, 5.74) is 4.39. The van der Waals surface area contributed by atoms with Crippen LogP contribution in [0.25, 0.3) is 10.8 Å². The molecule has 0 unspecified atom stereocenters. The van der Waals surface area contributed by atoms with E-state index in [9.17, 15) is 9.59 Å². The molecule has 0 radical (unpaired) electrons. The predicted molar refractivity (Wildman–Crippen MR) is 155 cm³/mol. The lowest BCUT2D eigenvalue weighted by atomic mass is 10.0. The van der Waals surface area contributed by atoms with Crippen molar-refractivity contribution in [3.8, 4) is 23.0 Å². The number of nitrogens with zero attached hydrogens (tertiary/aromatic N) is 1. The Morgan fingerprint density at radius 2 is 1.70 bits per heavy atom. The Kier molecular flexibility index (Phi) is 9.50. The van der Waals surface area contributed by atoms with Crippen LogP contribution < -0.4 is 24.4 Å². The second-order valence-corrected chi connectivity index (χ2v) is 8.61. The molecule has 0 heterocycles. The van der Waals surface area contributed by atoms with E-state index in [1.807, 2.05) is 49.4 Å². The van der Waals surface area contributed by atoms with Crippen LogP contribution in [0.15, 0.2) is 96.6 Å². The van der Waals surface area contributed by atoms with Crippen molar-refractivity contribution >= 4 is 28.9 Å². The van der Waals surface area contributed by atoms with Gasteiger partial charge in [-0.3, -0.25) is 4.79 Å². The number of benzene rings is 4. The van der Waals surface area contributed by atoms with Crippen LogP contribution in [-0.2, 0) is 11.2 Å². The summed E-state index contributed by atoms with van der Waals surface area (Å²) in [4.78, 5) is 25.3. The summed E-state index contributed by atoms with van der Waals surface area (Å²) < 4.78 is 22.2. The number of fused-ring (bicyclic) bond motifs is 1. The molecule has 0 spiro atoms. The van der Waals surface area contributed by atoms with Gasteiger partial charge in [0.1, 0.15) is 11.5 Å². The zero-order valence-corrected chi connectivity index (χ0v) is 22.4. The maximum atomic E-state index is 12.9. The third kappa shape index (κ3) is 7.05. The van der Waals surface area contributed by atoms with E-state index >= 15 is 0 Å². The molecule has 8 heteroatoms. The molecule has 4 aromatic carbocycles. The minimum Gasteiger partial charge on any atom is -0.494 e. The maximum Gasteiger partial charge on any atom is 0.343 e. The van der Waals surface area contributed by atoms with Gasteiger partial charge in [-0.05, 0) is 72.1 Å². The Morgan fingerprint density at radius 1 is 0.925 bits per heavy atom. The van der Waals surface area contributed by atoms with Gasteiger partial charge in [-0.2, -0.15) is 5.10 Å². The SMILES string of the molecule is C=CCc1ccc(OCC(=O)N/N=C/c2c(OC(=O)c3ccc(OCC)cc3)ccc3ccccc23)c(OC)c1. The van der Waals surface area contributed by atoms with Crippen LogP contribution in [0.5, 0.6) is 23.0 Å². The molecule has 0 aliphatic rings. The molecule has 8 nitrogen and oxygen atoms in total. The van der Waals surface area contributed by atoms with Crippen LogP contribution in [0.3, 0.4) is 0 Å². The van der Waals surface area contributed by atoms with Gasteiger partial charge >= 0.3 is 5.97 Å². The number of rotatable bonds is 12. The maximum absolute atomic E-state index is 12.9. The Balaban J connectivity index is 1.46. The minimum atomic E-state index is -0.529. The van der Waals surface area contributed by atoms with Crippen molar-refractivity contribution in [3.05, 3.63) is 108 Å². The smallest absolute Gasteiger partial charge is 0.343 e. The first-order chi connectivity index (χ1) is 19.5. The summed E-state index contributed by atoms with van der Waals surface area (Å²) in [5, 5.41) is 5.83. The quantitative estimate of drug-likeness (QED) is 0.0815. The fourth-order valence-electron chi connectivity index (χ4n) is 3.98. The van der Waals surface area contributed by atoms with E-state index in [4.69, 9.17) is 18.9 Å². The topological polar surface area (TPSA) is 95.5 Å². The van der Waals surface area contributed by atoms with Crippen molar-refractivity contribution in [3.63, 3.8) is 0 Å². The molecule has 40 heavy (non-hydrogen) atoms. The van der Waals surface area contributed by atoms with E-state index in [0.29, 0.717) is 47.2 Å². The lowest BCUT2D eigenvalue weighted by molar-refractivity contribution is -0.123. The second kappa shape index (κ2) is 13.6. The van der Waals surface area contributed by atoms with Crippen molar-refractivity contribution in [1.82, 2.24) is 5.43 Å². The largest absolute Gasteiger partial charge is 0.494 e. The van der Waals surface area contributed by atoms with Gasteiger partial charge < -0.3 is 18.9 Å². The summed E-state index contributed by atoms with van der Waals surface area (Å²) in [6.45, 7) is 5.88. The highest BCUT2D eigenvalue weighted by atomic mass is 16.5. The molecule has 1 N–H and O–H groups in total. The first-order valence-electron chi connectivity index (χ1n) is 12.7. The van der Waals surface area contributed by atoms with E-state index < -0.39 is 11.9 Å². The van der Waals surface area contributed by atoms with Gasteiger partial charge in [-0.25, -0.2) is 10.2 Å². The molecule has 0 aliphatic carbocycles. The van der Waals surface area contributed by atoms with Crippen LogP contribution >= 0.6 is 0 Å². The molecule has 0 aromatic heterocycles. The third-order valence-electron chi connectivity index (χ3n) is 5.88. The lowest BCUT2D eigenvalue weighted by Crippen LogP contribution is -2.24. The number of nitrogens with one attached hydrogen (secondary N) is 1. The molecule has 0 saturated carbocycles. The van der Waals surface area contributed by atoms with Gasteiger partial charge in [0, 0.05) is 5.56 Å². The molecule has 0 aliphatic heterocycles. The number of methoxy groups -OCH3 is 1. The first-order valence-corrected chi connectivity index (χ1v) is 12.7. The van der Waals surface area contributed by atoms with E-state index in [-0.39, 0.29) is 6.61 Å². The Bertz CT molecular complexity index is 1530. The average Bonchev–Trinajstić information content (AvgIpc) is 2.98. The molecular formula is C32H30N2O6. The predicted octanol–water partition coefficient (Wildman–Crippen LogP) is 5.72. The van der Waals surface area contributed by atoms with Gasteiger partial charge in [-0.15, -0.1) is 6.58 Å². The van der Waals surface area contributed by atoms with Crippen molar-refractivity contribution in [2.75, 3.05) is 20.3 Å². The first kappa shape index (κ1) is 27.9. The molecule has 204 valence electrons. The van der Waals surface area contributed by atoms with Crippen molar-refractivity contribution in [1.29, 1.82) is 0 Å². The van der Waals surface area contributed by atoms with Crippen molar-refractivity contribution in [2.45, 2.75) is 13.3 Å². The highest BCUT2D eigenvalue weighted by Gasteiger charge is 2.14. The number of hydrogen-bond acceptors (Lipinski definition) is 7. The zero-order valence-electron chi connectivity index (χ0n) is 22.4. The van der Waals surface area contributed by atoms with Gasteiger partial charge in [0.05, 0.1) is 25.5 Å². The number of amides is 1. The summed E-state index contributed by atoms with van der Waals surface area (Å²) >= 11 is 0. The number of carbonyl (C=O) groups excluding carboxylic acids is 2. The molecule has 0 fully saturated rings. The average molecular weight is 539 g/mol. The van der Waals surface area contributed by atoms with Gasteiger partial charge in [-0.1, -0.05) is 42.5 Å². The Labute approximate surface area is 232 Å². The summed E-state index contributed by atoms with van der Waals surface area (Å²) in [7, 11) is 1.54. The lowest BCUT2D eigenvalue weighted by Gasteiger charge is -2.12. The second-order valence-electron chi connectivity index (χ2n) is 8.61. The zero-order chi connectivity index (χ0) is 28.3. The Hall–Kier alpha value is -5.11. The highest BCUT2D eigenvalue weighted by Crippen LogP contribution is 2.29. The summed E-state index contributed by atoms with van der Waals surface area (Å²) in [5.74, 6) is 0.925. The molecular weight excluding hydrogens is 508 g/mol. The van der Waals surface area contributed by atoms with Crippen molar-refractivity contribution in [2.24, 2.45) is 5.10 Å². The van der Waals surface area contributed by atoms with Crippen LogP contribution in [-0.4, -0.2) is 38.4 Å². The number of allylic oxidation sites excluding steroid dienone is 1. The number of carbonyl (C=O) groups is 2. The van der Waals surface area contributed by atoms with E-state index in [1.165, 1.54) is 13.3 Å². The fraction of sp³-hybridized carbons (Fsp3) is 0.156. The number of hydrogen-bond donors (Lipinski definition) is 1. The summed E-state index contributed by atoms with van der Waals surface area (Å²) in [6.07, 6.45) is 3.94. The van der Waals surface area contributed by atoms with Gasteiger partial charge in [0.25, 0.3) is 5.91 Å². The van der Waals surface area contributed by atoms with Crippen LogP contribution in [0.1, 0.15) is 28.4 Å². The Morgan fingerprint density at radius 3 is 2.45 bits per heavy atom. The van der Waals surface area contributed by atoms with Crippen LogP contribution in [0.4, 0.5) is 0 Å². The highest BCUT2D eigenvalue weighted by molar-refractivity contribution is 6.04. The molecule has 0 saturated heterocycles. The monoisotopic (exact) mass is 538 g/mol. The number of hydrazone groups is 1. The van der Waals surface area contributed by atoms with Gasteiger partial charge in [0.2, 0.25) is 0 Å². The van der Waals surface area contributed by atoms with Crippen molar-refractivity contribution < 1.29 is 28.5 Å². The van der Waals surface area contributed by atoms with E-state index in [2.05, 4.69) is 17.1 Å². The molecule has 0 bridgehead atoms. The molecule has 1 amide bonds. The fourth-order valence-corrected chi connectivity index (χ4v) is 3.98. The number of ether oxygens (including phenoxy) is 4. The number of esters is 1. The summed E-state index contributed by atoms with van der Waals surface area (Å²) in [6, 6.07) is 23.3. The molecule has 4 rings (SSSR count). The van der Waals surface area contributed by atoms with E-state index in [0.717, 1.165) is 16.3 Å². The normalized spacial score (nSPS) is 10.8. The third-order valence-corrected chi connectivity index (χ3v) is 5.88. The van der Waals surface area contributed by atoms with Crippen LogP contribution in [0.2, 0.25) is 0 Å². The van der Waals surface area contributed by atoms with E-state index in [1.54, 1.807) is 42.5 Å². The standard InChI is InChI=1S/C32H30N2O6/c1-4-8-22-11-17-29(30(19-22)37-3)39-21-31(35)34-33-20-27-26-10-7-6-9-23(26)14-18-28(27)40-32(36)24-12-15-25(16-13-24)38-5-2/h4,6-7,9-20H,1,5,8,21H2,2-3H3,(H,34,35)/b33-20+.